The maximum Gasteiger partial charge on any atom is 0.259 e. The number of likely N-dealkylation sites (N-methyl/N-ethyl adjacent to an activating group) is 1. The Labute approximate surface area is 171 Å². The number of nitrogens with zero attached hydrogens (tertiary/aromatic N) is 3. The highest BCUT2D eigenvalue weighted by atomic mass is 16.5. The summed E-state index contributed by atoms with van der Waals surface area (Å²) in [6.45, 7) is 5.24. The van der Waals surface area contributed by atoms with E-state index in [1.807, 2.05) is 30.3 Å². The molecule has 2 aliphatic heterocycles. The summed E-state index contributed by atoms with van der Waals surface area (Å²) < 4.78 is 11.5. The number of rotatable bonds is 6. The summed E-state index contributed by atoms with van der Waals surface area (Å²) in [5.41, 5.74) is 1.18. The number of hydrogen-bond donors (Lipinski definition) is 1. The predicted octanol–water partition coefficient (Wildman–Crippen LogP) is 2.64. The van der Waals surface area contributed by atoms with E-state index in [2.05, 4.69) is 27.1 Å². The maximum atomic E-state index is 12.8. The third-order valence-corrected chi connectivity index (χ3v) is 5.41. The van der Waals surface area contributed by atoms with Gasteiger partial charge in [0, 0.05) is 32.8 Å². The van der Waals surface area contributed by atoms with E-state index < -0.39 is 0 Å². The van der Waals surface area contributed by atoms with Gasteiger partial charge in [-0.2, -0.15) is 0 Å². The van der Waals surface area contributed by atoms with Crippen LogP contribution in [-0.4, -0.2) is 68.3 Å². The summed E-state index contributed by atoms with van der Waals surface area (Å²) in [4.78, 5) is 21.9. The molecule has 29 heavy (non-hydrogen) atoms. The molecule has 0 bridgehead atoms. The first-order valence-corrected chi connectivity index (χ1v) is 10.2. The molecule has 1 N–H and O–H groups in total. The molecule has 2 aromatic rings. The van der Waals surface area contributed by atoms with E-state index in [4.69, 9.17) is 9.47 Å². The van der Waals surface area contributed by atoms with Crippen molar-refractivity contribution in [2.45, 2.75) is 18.9 Å². The molecule has 7 nitrogen and oxygen atoms in total. The van der Waals surface area contributed by atoms with Crippen LogP contribution in [0.25, 0.3) is 0 Å². The first kappa shape index (κ1) is 19.7. The lowest BCUT2D eigenvalue weighted by molar-refractivity contribution is 0.0673. The zero-order valence-electron chi connectivity index (χ0n) is 16.8. The van der Waals surface area contributed by atoms with Gasteiger partial charge in [-0.3, -0.25) is 4.79 Å². The molecule has 0 radical (unpaired) electrons. The van der Waals surface area contributed by atoms with Crippen molar-refractivity contribution in [1.29, 1.82) is 0 Å². The normalized spacial score (nSPS) is 19.9. The van der Waals surface area contributed by atoms with E-state index in [1.165, 1.54) is 0 Å². The molecule has 7 heteroatoms. The zero-order chi connectivity index (χ0) is 20.1. The van der Waals surface area contributed by atoms with Gasteiger partial charge >= 0.3 is 0 Å². The Balaban J connectivity index is 1.37. The highest BCUT2D eigenvalue weighted by Crippen LogP contribution is 2.22. The minimum Gasteiger partial charge on any atom is -0.490 e. The standard InChI is InChI=1S/C22H28N4O3/c1-25-10-12-26(13-11-25)21-9-8-17(15-23-21)24-22(27)19-6-2-3-7-20(19)29-16-18-5-4-14-28-18/h2-3,6-9,15,18H,4-5,10-14,16H2,1H3,(H,24,27). The van der Waals surface area contributed by atoms with Gasteiger partial charge in [0.15, 0.2) is 0 Å². The number of carbonyl (C=O) groups is 1. The molecule has 4 rings (SSSR count). The minimum absolute atomic E-state index is 0.109. The molecule has 154 valence electrons. The fraction of sp³-hybridized carbons (Fsp3) is 0.455. The average molecular weight is 396 g/mol. The SMILES string of the molecule is CN1CCN(c2ccc(NC(=O)c3ccccc3OCC3CCCO3)cn2)CC1. The van der Waals surface area contributed by atoms with E-state index >= 15 is 0 Å². The second-order valence-electron chi connectivity index (χ2n) is 7.59. The first-order chi connectivity index (χ1) is 14.2. The highest BCUT2D eigenvalue weighted by Gasteiger charge is 2.19. The van der Waals surface area contributed by atoms with Crippen molar-refractivity contribution in [2.75, 3.05) is 56.7 Å². The van der Waals surface area contributed by atoms with Gasteiger partial charge in [-0.15, -0.1) is 0 Å². The van der Waals surface area contributed by atoms with Crippen molar-refractivity contribution in [3.05, 3.63) is 48.2 Å². The Bertz CT molecular complexity index is 813. The number of piperazine rings is 1. The number of carbonyl (C=O) groups excluding carboxylic acids is 1. The topological polar surface area (TPSA) is 66.9 Å². The molecule has 1 atom stereocenters. The number of anilines is 2. The predicted molar refractivity (Wildman–Crippen MR) is 113 cm³/mol. The van der Waals surface area contributed by atoms with E-state index in [0.29, 0.717) is 23.6 Å². The lowest BCUT2D eigenvalue weighted by Gasteiger charge is -2.33. The van der Waals surface area contributed by atoms with Crippen molar-refractivity contribution in [2.24, 2.45) is 0 Å². The van der Waals surface area contributed by atoms with Crippen LogP contribution in [-0.2, 0) is 4.74 Å². The number of para-hydroxylation sites is 1. The van der Waals surface area contributed by atoms with Crippen molar-refractivity contribution >= 4 is 17.4 Å². The second kappa shape index (κ2) is 9.24. The molecule has 1 aromatic carbocycles. The van der Waals surface area contributed by atoms with Crippen molar-refractivity contribution in [3.63, 3.8) is 0 Å². The highest BCUT2D eigenvalue weighted by molar-refractivity contribution is 6.06. The van der Waals surface area contributed by atoms with Crippen LogP contribution in [0, 0.1) is 0 Å². The molecule has 1 amide bonds. The lowest BCUT2D eigenvalue weighted by atomic mass is 10.2. The smallest absolute Gasteiger partial charge is 0.259 e. The molecule has 1 aromatic heterocycles. The minimum atomic E-state index is -0.206. The van der Waals surface area contributed by atoms with Crippen LogP contribution in [0.4, 0.5) is 11.5 Å². The van der Waals surface area contributed by atoms with Crippen LogP contribution < -0.4 is 15.0 Å². The third kappa shape index (κ3) is 5.05. The molecule has 0 saturated carbocycles. The molecule has 2 fully saturated rings. The Morgan fingerprint density at radius 3 is 2.76 bits per heavy atom. The number of ether oxygens (including phenoxy) is 2. The summed E-state index contributed by atoms with van der Waals surface area (Å²) in [5.74, 6) is 1.31. The molecular weight excluding hydrogens is 368 g/mol. The monoisotopic (exact) mass is 396 g/mol. The van der Waals surface area contributed by atoms with E-state index in [0.717, 1.165) is 51.4 Å². The van der Waals surface area contributed by atoms with Gasteiger partial charge in [-0.25, -0.2) is 4.98 Å². The van der Waals surface area contributed by atoms with Crippen LogP contribution in [0.1, 0.15) is 23.2 Å². The Kier molecular flexibility index (Phi) is 6.27. The van der Waals surface area contributed by atoms with Gasteiger partial charge < -0.3 is 24.6 Å². The van der Waals surface area contributed by atoms with Gasteiger partial charge in [0.2, 0.25) is 0 Å². The van der Waals surface area contributed by atoms with Gasteiger partial charge in [0.25, 0.3) is 5.91 Å². The second-order valence-corrected chi connectivity index (χ2v) is 7.59. The number of amides is 1. The molecule has 2 aliphatic rings. The summed E-state index contributed by atoms with van der Waals surface area (Å²) in [6.07, 6.45) is 3.88. The van der Waals surface area contributed by atoms with Crippen molar-refractivity contribution < 1.29 is 14.3 Å². The average Bonchev–Trinajstić information content (AvgIpc) is 3.27. The van der Waals surface area contributed by atoms with Crippen LogP contribution >= 0.6 is 0 Å². The summed E-state index contributed by atoms with van der Waals surface area (Å²) in [5, 5.41) is 2.92. The number of aromatic nitrogens is 1. The van der Waals surface area contributed by atoms with Gasteiger partial charge in [0.1, 0.15) is 18.2 Å². The Morgan fingerprint density at radius 1 is 1.21 bits per heavy atom. The van der Waals surface area contributed by atoms with Crippen LogP contribution in [0.15, 0.2) is 42.6 Å². The van der Waals surface area contributed by atoms with Gasteiger partial charge in [0.05, 0.1) is 23.6 Å². The van der Waals surface area contributed by atoms with Crippen molar-refractivity contribution in [1.82, 2.24) is 9.88 Å². The molecular formula is C22H28N4O3. The Morgan fingerprint density at radius 2 is 2.03 bits per heavy atom. The molecule has 3 heterocycles. The maximum absolute atomic E-state index is 12.8. The van der Waals surface area contributed by atoms with Crippen molar-refractivity contribution in [3.8, 4) is 5.75 Å². The number of hydrogen-bond acceptors (Lipinski definition) is 6. The van der Waals surface area contributed by atoms with Crippen LogP contribution in [0.3, 0.4) is 0 Å². The molecule has 2 saturated heterocycles. The first-order valence-electron chi connectivity index (χ1n) is 10.2. The van der Waals surface area contributed by atoms with E-state index in [-0.39, 0.29) is 12.0 Å². The fourth-order valence-electron chi connectivity index (χ4n) is 3.62. The summed E-state index contributed by atoms with van der Waals surface area (Å²) in [7, 11) is 2.13. The fourth-order valence-corrected chi connectivity index (χ4v) is 3.62. The number of nitrogens with one attached hydrogen (secondary N) is 1. The quantitative estimate of drug-likeness (QED) is 0.810. The van der Waals surface area contributed by atoms with Gasteiger partial charge in [-0.05, 0) is 44.2 Å². The largest absolute Gasteiger partial charge is 0.490 e. The van der Waals surface area contributed by atoms with Crippen LogP contribution in [0.2, 0.25) is 0 Å². The number of pyridine rings is 1. The molecule has 0 aliphatic carbocycles. The zero-order valence-corrected chi connectivity index (χ0v) is 16.8. The number of benzene rings is 1. The van der Waals surface area contributed by atoms with Crippen LogP contribution in [0.5, 0.6) is 5.75 Å². The summed E-state index contributed by atoms with van der Waals surface area (Å²) >= 11 is 0. The van der Waals surface area contributed by atoms with E-state index in [9.17, 15) is 4.79 Å². The molecule has 0 spiro atoms. The third-order valence-electron chi connectivity index (χ3n) is 5.41. The Hall–Kier alpha value is -2.64. The van der Waals surface area contributed by atoms with Gasteiger partial charge in [-0.1, -0.05) is 12.1 Å². The lowest BCUT2D eigenvalue weighted by Crippen LogP contribution is -2.44. The van der Waals surface area contributed by atoms with E-state index in [1.54, 1.807) is 12.3 Å². The molecule has 1 unspecified atom stereocenters. The summed E-state index contributed by atoms with van der Waals surface area (Å²) in [6, 6.07) is 11.1.